The van der Waals surface area contributed by atoms with Gasteiger partial charge >= 0.3 is 0 Å². The summed E-state index contributed by atoms with van der Waals surface area (Å²) in [6, 6.07) is 21.1. The van der Waals surface area contributed by atoms with Crippen LogP contribution in [0.5, 0.6) is 0 Å². The van der Waals surface area contributed by atoms with Gasteiger partial charge in [0.2, 0.25) is 0 Å². The third-order valence-corrected chi connectivity index (χ3v) is 5.53. The van der Waals surface area contributed by atoms with Crippen LogP contribution < -0.4 is 10.6 Å². The van der Waals surface area contributed by atoms with Crippen LogP contribution in [0.25, 0.3) is 0 Å². The minimum absolute atomic E-state index is 1.36. The van der Waals surface area contributed by atoms with Crippen molar-refractivity contribution in [3.8, 4) is 0 Å². The summed E-state index contributed by atoms with van der Waals surface area (Å²) in [5, 5.41) is 2.72. The summed E-state index contributed by atoms with van der Waals surface area (Å²) in [6.45, 7) is 0.864. The molecule has 76 valence electrons. The van der Waals surface area contributed by atoms with Crippen LogP contribution >= 0.6 is 6.89 Å². The highest BCUT2D eigenvalue weighted by Crippen LogP contribution is 2.37. The van der Waals surface area contributed by atoms with Gasteiger partial charge < -0.3 is 0 Å². The molecule has 0 heterocycles. The smallest absolute Gasteiger partial charge is 0.0210 e. The second-order valence-electron chi connectivity index (χ2n) is 3.86. The average Bonchev–Trinajstić information content (AvgIpc) is 2.31. The monoisotopic (exact) mass is 214 g/mol. The zero-order chi connectivity index (χ0) is 10.7. The van der Waals surface area contributed by atoms with E-state index in [0.29, 0.717) is 0 Å². The summed E-state index contributed by atoms with van der Waals surface area (Å²) in [5.74, 6) is 0. The molecule has 0 aliphatic heterocycles. The number of rotatable bonds is 2. The summed E-state index contributed by atoms with van der Waals surface area (Å²) in [6.07, 6.45) is 4.42. The lowest BCUT2D eigenvalue weighted by Crippen LogP contribution is -2.14. The van der Waals surface area contributed by atoms with Gasteiger partial charge in [-0.1, -0.05) is 73.8 Å². The first-order chi connectivity index (χ1) is 7.21. The molecule has 0 aliphatic carbocycles. The van der Waals surface area contributed by atoms with Crippen molar-refractivity contribution < 1.29 is 0 Å². The Bertz CT molecular complexity index is 428. The Morgan fingerprint density at radius 1 is 0.733 bits per heavy atom. The van der Waals surface area contributed by atoms with E-state index < -0.39 is 6.89 Å². The highest BCUT2D eigenvalue weighted by molar-refractivity contribution is 7.86. The van der Waals surface area contributed by atoms with Crippen LogP contribution in [-0.2, 0) is 0 Å². The van der Waals surface area contributed by atoms with Crippen LogP contribution in [-0.4, -0.2) is 13.0 Å². The average molecular weight is 214 g/mol. The first-order valence-electron chi connectivity index (χ1n) is 5.03. The van der Waals surface area contributed by atoms with Crippen LogP contribution in [0, 0.1) is 0 Å². The van der Waals surface area contributed by atoms with Crippen LogP contribution in [0.1, 0.15) is 0 Å². The van der Waals surface area contributed by atoms with Crippen LogP contribution in [0.4, 0.5) is 0 Å². The van der Waals surface area contributed by atoms with Gasteiger partial charge in [0.25, 0.3) is 0 Å². The quantitative estimate of drug-likeness (QED) is 0.674. The number of benzene rings is 2. The maximum Gasteiger partial charge on any atom is -0.0210 e. The molecule has 0 saturated carbocycles. The molecule has 0 radical (unpaired) electrons. The minimum atomic E-state index is -1.40. The third kappa shape index (κ3) is 2.06. The Kier molecular flexibility index (Phi) is 2.79. The van der Waals surface area contributed by atoms with E-state index in [4.69, 9.17) is 0 Å². The lowest BCUT2D eigenvalue weighted by Gasteiger charge is -2.20. The van der Waals surface area contributed by atoms with Crippen molar-refractivity contribution in [3.05, 3.63) is 60.7 Å². The molecule has 0 spiro atoms. The van der Waals surface area contributed by atoms with E-state index in [1.165, 1.54) is 10.6 Å². The Labute approximate surface area is 91.6 Å². The fraction of sp³-hybridized carbons (Fsp3) is 0.0714. The molecule has 15 heavy (non-hydrogen) atoms. The predicted octanol–water partition coefficient (Wildman–Crippen LogP) is 2.72. The molecule has 2 aromatic carbocycles. The third-order valence-electron chi connectivity index (χ3n) is 2.65. The van der Waals surface area contributed by atoms with E-state index in [0.717, 1.165) is 0 Å². The van der Waals surface area contributed by atoms with Crippen LogP contribution in [0.2, 0.25) is 0 Å². The topological polar surface area (TPSA) is 0 Å². The van der Waals surface area contributed by atoms with Crippen LogP contribution in [0.15, 0.2) is 60.7 Å². The normalized spacial score (nSPS) is 11.3. The van der Waals surface area contributed by atoms with Gasteiger partial charge in [-0.3, -0.25) is 0 Å². The fourth-order valence-corrected chi connectivity index (χ4v) is 3.62. The molecule has 0 bridgehead atoms. The van der Waals surface area contributed by atoms with Crippen molar-refractivity contribution in [2.75, 3.05) is 6.66 Å². The van der Waals surface area contributed by atoms with Gasteiger partial charge in [0.15, 0.2) is 0 Å². The first-order valence-corrected chi connectivity index (χ1v) is 7.45. The van der Waals surface area contributed by atoms with Gasteiger partial charge in [-0.05, 0) is 17.3 Å². The molecule has 0 unspecified atom stereocenters. The van der Waals surface area contributed by atoms with Crippen molar-refractivity contribution in [1.82, 2.24) is 0 Å². The molecular formula is C14H15P. The van der Waals surface area contributed by atoms with E-state index >= 15 is 0 Å². The Morgan fingerprint density at radius 2 is 1.07 bits per heavy atom. The van der Waals surface area contributed by atoms with E-state index in [2.05, 4.69) is 73.6 Å². The van der Waals surface area contributed by atoms with Gasteiger partial charge in [0.1, 0.15) is 0 Å². The SMILES string of the molecule is C=P(C)(c1ccccc1)c1ccccc1. The van der Waals surface area contributed by atoms with Gasteiger partial charge in [0, 0.05) is 0 Å². The molecular weight excluding hydrogens is 199 g/mol. The molecule has 2 rings (SSSR count). The zero-order valence-corrected chi connectivity index (χ0v) is 9.82. The zero-order valence-electron chi connectivity index (χ0n) is 8.93. The fourth-order valence-electron chi connectivity index (χ4n) is 1.66. The van der Waals surface area contributed by atoms with E-state index in [-0.39, 0.29) is 0 Å². The second kappa shape index (κ2) is 4.08. The van der Waals surface area contributed by atoms with E-state index in [1.807, 2.05) is 0 Å². The summed E-state index contributed by atoms with van der Waals surface area (Å²) in [7, 11) is 0. The Morgan fingerprint density at radius 3 is 1.40 bits per heavy atom. The Balaban J connectivity index is 2.50. The number of hydrogen-bond donors (Lipinski definition) is 0. The standard InChI is InChI=1S/C14H15P/c1-15(2,13-9-5-3-6-10-13)14-11-7-4-8-12-14/h3-12H,1H2,2H3. The van der Waals surface area contributed by atoms with Crippen molar-refractivity contribution in [2.45, 2.75) is 0 Å². The number of hydrogen-bond acceptors (Lipinski definition) is 0. The molecule has 2 aromatic rings. The molecule has 1 heteroatoms. The molecule has 0 atom stereocenters. The highest BCUT2D eigenvalue weighted by Gasteiger charge is 2.11. The Hall–Kier alpha value is -1.26. The van der Waals surface area contributed by atoms with Crippen molar-refractivity contribution >= 4 is 23.8 Å². The lowest BCUT2D eigenvalue weighted by atomic mass is 10.4. The van der Waals surface area contributed by atoms with Crippen molar-refractivity contribution in [3.63, 3.8) is 0 Å². The minimum Gasteiger partial charge on any atom is -0.0929 e. The van der Waals surface area contributed by atoms with Gasteiger partial charge in [-0.25, -0.2) is 0 Å². The van der Waals surface area contributed by atoms with Gasteiger partial charge in [-0.2, -0.15) is 0 Å². The highest BCUT2D eigenvalue weighted by atomic mass is 31.2. The van der Waals surface area contributed by atoms with Crippen molar-refractivity contribution in [1.29, 1.82) is 0 Å². The van der Waals surface area contributed by atoms with Crippen molar-refractivity contribution in [2.24, 2.45) is 0 Å². The maximum absolute atomic E-state index is 4.42. The molecule has 0 fully saturated rings. The van der Waals surface area contributed by atoms with Crippen LogP contribution in [0.3, 0.4) is 0 Å². The van der Waals surface area contributed by atoms with E-state index in [1.54, 1.807) is 0 Å². The molecule has 0 amide bonds. The molecule has 0 aliphatic rings. The molecule has 0 N–H and O–H groups in total. The lowest BCUT2D eigenvalue weighted by molar-refractivity contribution is 1.75. The van der Waals surface area contributed by atoms with E-state index in [9.17, 15) is 0 Å². The second-order valence-corrected chi connectivity index (χ2v) is 7.28. The largest absolute Gasteiger partial charge is 0.0929 e. The predicted molar refractivity (Wildman–Crippen MR) is 72.1 cm³/mol. The summed E-state index contributed by atoms with van der Waals surface area (Å²) < 4.78 is 0. The maximum atomic E-state index is 4.42. The molecule has 0 nitrogen and oxygen atoms in total. The molecule has 0 aromatic heterocycles. The molecule has 0 saturated heterocycles. The van der Waals surface area contributed by atoms with Gasteiger partial charge in [-0.15, -0.1) is 0 Å². The first kappa shape index (κ1) is 10.3. The summed E-state index contributed by atoms with van der Waals surface area (Å²) in [4.78, 5) is 0. The summed E-state index contributed by atoms with van der Waals surface area (Å²) >= 11 is 0. The summed E-state index contributed by atoms with van der Waals surface area (Å²) in [5.41, 5.74) is 0. The van der Waals surface area contributed by atoms with Gasteiger partial charge in [0.05, 0.1) is 0 Å².